The predicted molar refractivity (Wildman–Crippen MR) is 95.0 cm³/mol. The lowest BCUT2D eigenvalue weighted by Crippen LogP contribution is -2.39. The maximum Gasteiger partial charge on any atom is 0.191 e. The molecule has 0 heterocycles. The van der Waals surface area contributed by atoms with Crippen LogP contribution in [0.3, 0.4) is 0 Å². The van der Waals surface area contributed by atoms with E-state index >= 15 is 0 Å². The molecule has 1 aromatic rings. The number of nitrogens with zero attached hydrogens (tertiary/aromatic N) is 1. The third kappa shape index (κ3) is 8.14. The molecule has 1 rings (SSSR count). The number of benzene rings is 1. The van der Waals surface area contributed by atoms with Gasteiger partial charge in [0, 0.05) is 18.8 Å². The molecule has 6 heteroatoms. The van der Waals surface area contributed by atoms with Crippen LogP contribution in [0.5, 0.6) is 5.75 Å². The van der Waals surface area contributed by atoms with Crippen LogP contribution >= 0.6 is 11.8 Å². The molecular formula is C16H27N3O2S. The minimum absolute atomic E-state index is 0.233. The van der Waals surface area contributed by atoms with Gasteiger partial charge in [0.1, 0.15) is 18.5 Å². The Hall–Kier alpha value is -1.40. The summed E-state index contributed by atoms with van der Waals surface area (Å²) in [5, 5.41) is 16.4. The van der Waals surface area contributed by atoms with E-state index in [1.54, 1.807) is 11.8 Å². The number of aliphatic hydroxyl groups excluding tert-OH is 1. The van der Waals surface area contributed by atoms with E-state index in [1.807, 2.05) is 38.1 Å². The number of hydrogen-bond acceptors (Lipinski definition) is 4. The van der Waals surface area contributed by atoms with Crippen molar-refractivity contribution in [1.29, 1.82) is 0 Å². The summed E-state index contributed by atoms with van der Waals surface area (Å²) in [7, 11) is 0. The van der Waals surface area contributed by atoms with Crippen LogP contribution in [0.15, 0.2) is 29.3 Å². The highest BCUT2D eigenvalue weighted by Gasteiger charge is 2.06. The van der Waals surface area contributed by atoms with Crippen molar-refractivity contribution in [3.05, 3.63) is 29.8 Å². The van der Waals surface area contributed by atoms with E-state index < -0.39 is 6.10 Å². The number of aryl methyl sites for hydroxylation is 1. The second kappa shape index (κ2) is 11.2. The number of nitrogens with one attached hydrogen (secondary N) is 2. The number of guanidine groups is 1. The maximum absolute atomic E-state index is 9.98. The van der Waals surface area contributed by atoms with Gasteiger partial charge < -0.3 is 20.5 Å². The lowest BCUT2D eigenvalue weighted by molar-refractivity contribution is 0.114. The molecule has 1 unspecified atom stereocenters. The molecule has 0 aliphatic carbocycles. The van der Waals surface area contributed by atoms with Gasteiger partial charge in [-0.3, -0.25) is 4.99 Å². The monoisotopic (exact) mass is 325 g/mol. The van der Waals surface area contributed by atoms with E-state index in [1.165, 1.54) is 0 Å². The third-order valence-corrected chi connectivity index (χ3v) is 3.45. The first-order valence-corrected chi connectivity index (χ1v) is 8.93. The van der Waals surface area contributed by atoms with Gasteiger partial charge >= 0.3 is 0 Å². The van der Waals surface area contributed by atoms with Gasteiger partial charge in [-0.1, -0.05) is 12.1 Å². The third-order valence-electron chi connectivity index (χ3n) is 2.83. The van der Waals surface area contributed by atoms with Gasteiger partial charge in [0.2, 0.25) is 0 Å². The first-order chi connectivity index (χ1) is 10.7. The molecule has 22 heavy (non-hydrogen) atoms. The largest absolute Gasteiger partial charge is 0.491 e. The Morgan fingerprint density at radius 1 is 1.41 bits per heavy atom. The average Bonchev–Trinajstić information content (AvgIpc) is 2.51. The number of ether oxygens (including phenoxy) is 1. The predicted octanol–water partition coefficient (Wildman–Crippen LogP) is 1.65. The van der Waals surface area contributed by atoms with Crippen molar-refractivity contribution in [3.63, 3.8) is 0 Å². The standard InChI is InChI=1S/C16H27N3O2S/c1-4-17-16(18-8-9-22-3)19-11-14(20)12-21-15-7-5-6-13(2)10-15/h5-7,10,14,20H,4,8-9,11-12H2,1-3H3,(H2,17,18,19). The summed E-state index contributed by atoms with van der Waals surface area (Å²) in [6, 6.07) is 7.78. The second-order valence-electron chi connectivity index (χ2n) is 4.92. The summed E-state index contributed by atoms with van der Waals surface area (Å²) in [6.07, 6.45) is 1.44. The fourth-order valence-corrected chi connectivity index (χ4v) is 2.07. The first kappa shape index (κ1) is 18.6. The summed E-state index contributed by atoms with van der Waals surface area (Å²) in [5.74, 6) is 2.52. The zero-order chi connectivity index (χ0) is 16.2. The summed E-state index contributed by atoms with van der Waals surface area (Å²) in [4.78, 5) is 4.37. The summed E-state index contributed by atoms with van der Waals surface area (Å²) in [6.45, 7) is 6.21. The Kier molecular flexibility index (Phi) is 9.50. The van der Waals surface area contributed by atoms with Gasteiger partial charge in [0.05, 0.1) is 6.54 Å². The summed E-state index contributed by atoms with van der Waals surface area (Å²) >= 11 is 1.78. The van der Waals surface area contributed by atoms with Gasteiger partial charge in [-0.2, -0.15) is 11.8 Å². The summed E-state index contributed by atoms with van der Waals surface area (Å²) < 4.78 is 5.58. The molecule has 124 valence electrons. The van der Waals surface area contributed by atoms with Crippen molar-refractivity contribution < 1.29 is 9.84 Å². The zero-order valence-corrected chi connectivity index (χ0v) is 14.4. The van der Waals surface area contributed by atoms with Crippen molar-refractivity contribution >= 4 is 17.7 Å². The molecule has 1 atom stereocenters. The topological polar surface area (TPSA) is 65.9 Å². The van der Waals surface area contributed by atoms with E-state index in [-0.39, 0.29) is 6.61 Å². The fourth-order valence-electron chi connectivity index (χ4n) is 1.76. The lowest BCUT2D eigenvalue weighted by Gasteiger charge is -2.13. The van der Waals surface area contributed by atoms with Gasteiger partial charge in [0.25, 0.3) is 0 Å². The van der Waals surface area contributed by atoms with Crippen molar-refractivity contribution in [2.45, 2.75) is 20.0 Å². The lowest BCUT2D eigenvalue weighted by atomic mass is 10.2. The molecular weight excluding hydrogens is 298 g/mol. The van der Waals surface area contributed by atoms with Crippen LogP contribution in [0, 0.1) is 6.92 Å². The van der Waals surface area contributed by atoms with E-state index in [2.05, 4.69) is 21.9 Å². The van der Waals surface area contributed by atoms with Crippen LogP contribution in [0.25, 0.3) is 0 Å². The van der Waals surface area contributed by atoms with Crippen molar-refractivity contribution in [2.24, 2.45) is 4.99 Å². The van der Waals surface area contributed by atoms with Gasteiger partial charge in [-0.15, -0.1) is 0 Å². The number of aliphatic imine (C=N–C) groups is 1. The van der Waals surface area contributed by atoms with Crippen LogP contribution in [0.4, 0.5) is 0 Å². The molecule has 0 saturated carbocycles. The van der Waals surface area contributed by atoms with Crippen molar-refractivity contribution in [3.8, 4) is 5.75 Å². The Bertz CT molecular complexity index is 455. The fraction of sp³-hybridized carbons (Fsp3) is 0.562. The smallest absolute Gasteiger partial charge is 0.191 e. The Morgan fingerprint density at radius 3 is 2.91 bits per heavy atom. The van der Waals surface area contributed by atoms with Crippen molar-refractivity contribution in [2.75, 3.05) is 38.2 Å². The second-order valence-corrected chi connectivity index (χ2v) is 5.91. The quantitative estimate of drug-likeness (QED) is 0.366. The molecule has 0 saturated heterocycles. The molecule has 3 N–H and O–H groups in total. The number of thioether (sulfide) groups is 1. The number of hydrogen-bond donors (Lipinski definition) is 3. The summed E-state index contributed by atoms with van der Waals surface area (Å²) in [5.41, 5.74) is 1.14. The van der Waals surface area contributed by atoms with E-state index in [4.69, 9.17) is 4.74 Å². The Labute approximate surface area is 137 Å². The molecule has 0 amide bonds. The SMILES string of the molecule is CCNC(=NCC(O)COc1cccc(C)c1)NCCSC. The van der Waals surface area contributed by atoms with E-state index in [9.17, 15) is 5.11 Å². The molecule has 0 fully saturated rings. The number of aliphatic hydroxyl groups is 1. The van der Waals surface area contributed by atoms with Crippen LogP contribution in [0.2, 0.25) is 0 Å². The van der Waals surface area contributed by atoms with E-state index in [0.717, 1.165) is 36.1 Å². The van der Waals surface area contributed by atoms with E-state index in [0.29, 0.717) is 6.54 Å². The van der Waals surface area contributed by atoms with Gasteiger partial charge in [-0.25, -0.2) is 0 Å². The highest BCUT2D eigenvalue weighted by atomic mass is 32.2. The van der Waals surface area contributed by atoms with Crippen LogP contribution in [0.1, 0.15) is 12.5 Å². The molecule has 0 radical (unpaired) electrons. The Balaban J connectivity index is 2.37. The minimum atomic E-state index is -0.628. The van der Waals surface area contributed by atoms with Crippen LogP contribution in [-0.2, 0) is 0 Å². The highest BCUT2D eigenvalue weighted by molar-refractivity contribution is 7.98. The Morgan fingerprint density at radius 2 is 2.23 bits per heavy atom. The molecule has 0 spiro atoms. The van der Waals surface area contributed by atoms with Gasteiger partial charge in [0.15, 0.2) is 5.96 Å². The molecule has 0 aliphatic rings. The molecule has 0 aliphatic heterocycles. The van der Waals surface area contributed by atoms with Crippen LogP contribution in [-0.4, -0.2) is 55.4 Å². The molecule has 0 aromatic heterocycles. The zero-order valence-electron chi connectivity index (χ0n) is 13.6. The maximum atomic E-state index is 9.98. The van der Waals surface area contributed by atoms with Crippen LogP contribution < -0.4 is 15.4 Å². The van der Waals surface area contributed by atoms with Gasteiger partial charge in [-0.05, 0) is 37.8 Å². The minimum Gasteiger partial charge on any atom is -0.491 e. The molecule has 5 nitrogen and oxygen atoms in total. The first-order valence-electron chi connectivity index (χ1n) is 7.54. The van der Waals surface area contributed by atoms with Crippen molar-refractivity contribution in [1.82, 2.24) is 10.6 Å². The average molecular weight is 325 g/mol. The molecule has 0 bridgehead atoms. The highest BCUT2D eigenvalue weighted by Crippen LogP contribution is 2.12. The molecule has 1 aromatic carbocycles. The normalized spacial score (nSPS) is 12.8. The number of rotatable bonds is 9.